The van der Waals surface area contributed by atoms with Gasteiger partial charge in [0.1, 0.15) is 5.75 Å². The van der Waals surface area contributed by atoms with Gasteiger partial charge in [0.2, 0.25) is 0 Å². The van der Waals surface area contributed by atoms with Crippen LogP contribution in [-0.4, -0.2) is 13.7 Å². The van der Waals surface area contributed by atoms with E-state index in [0.29, 0.717) is 5.75 Å². The monoisotopic (exact) mass is 199 g/mol. The third kappa shape index (κ3) is 2.73. The number of benzene rings is 1. The molecule has 13 heavy (non-hydrogen) atoms. The first-order valence-corrected chi connectivity index (χ1v) is 5.39. The fourth-order valence-corrected chi connectivity index (χ4v) is 1.23. The molecule has 0 bridgehead atoms. The molecule has 1 rings (SSSR count). The van der Waals surface area contributed by atoms with E-state index in [1.807, 2.05) is 0 Å². The molecule has 0 aliphatic heterocycles. The van der Waals surface area contributed by atoms with E-state index in [9.17, 15) is 8.42 Å². The molecule has 0 aliphatic carbocycles. The van der Waals surface area contributed by atoms with E-state index in [0.717, 1.165) is 0 Å². The fourth-order valence-electron chi connectivity index (χ4n) is 0.658. The van der Waals surface area contributed by atoms with Gasteiger partial charge in [-0.1, -0.05) is 12.1 Å². The highest BCUT2D eigenvalue weighted by Crippen LogP contribution is 2.13. The largest absolute Gasteiger partial charge is 0.382 e. The highest BCUT2D eigenvalue weighted by atomic mass is 32.2. The summed E-state index contributed by atoms with van der Waals surface area (Å²) in [4.78, 5) is 0. The molecule has 0 aliphatic rings. The molecule has 1 aromatic rings. The van der Waals surface area contributed by atoms with E-state index < -0.39 is 15.4 Å². The highest BCUT2D eigenvalue weighted by molar-refractivity contribution is 7.87. The molecule has 1 radical (unpaired) electrons. The predicted molar refractivity (Wildman–Crippen MR) is 50.0 cm³/mol. The SMILES string of the molecule is CC(C)S(=O)(=O)Oc1cc[c]cc1. The van der Waals surface area contributed by atoms with Gasteiger partial charge in [-0.3, -0.25) is 0 Å². The van der Waals surface area contributed by atoms with Crippen LogP contribution >= 0.6 is 0 Å². The van der Waals surface area contributed by atoms with E-state index in [2.05, 4.69) is 6.07 Å². The Kier molecular flexibility index (Phi) is 2.93. The molecule has 71 valence electrons. The van der Waals surface area contributed by atoms with Crippen molar-refractivity contribution in [1.29, 1.82) is 0 Å². The van der Waals surface area contributed by atoms with Crippen LogP contribution in [0.1, 0.15) is 13.8 Å². The molecule has 3 nitrogen and oxygen atoms in total. The summed E-state index contributed by atoms with van der Waals surface area (Å²) in [6.07, 6.45) is 0. The Hall–Kier alpha value is -1.03. The Labute approximate surface area is 78.5 Å². The van der Waals surface area contributed by atoms with Crippen LogP contribution in [0.25, 0.3) is 0 Å². The Morgan fingerprint density at radius 3 is 2.31 bits per heavy atom. The summed E-state index contributed by atoms with van der Waals surface area (Å²) in [5.41, 5.74) is 0. The van der Waals surface area contributed by atoms with Crippen LogP contribution < -0.4 is 4.18 Å². The van der Waals surface area contributed by atoms with Crippen molar-refractivity contribution >= 4 is 10.1 Å². The molecule has 0 aromatic heterocycles. The quantitative estimate of drug-likeness (QED) is 0.694. The third-order valence-corrected chi connectivity index (χ3v) is 3.06. The van der Waals surface area contributed by atoms with E-state index in [1.54, 1.807) is 38.1 Å². The Morgan fingerprint density at radius 1 is 1.31 bits per heavy atom. The van der Waals surface area contributed by atoms with Crippen LogP contribution in [0.5, 0.6) is 5.75 Å². The maximum Gasteiger partial charge on any atom is 0.311 e. The van der Waals surface area contributed by atoms with Crippen molar-refractivity contribution in [2.45, 2.75) is 19.1 Å². The van der Waals surface area contributed by atoms with Crippen LogP contribution in [0.3, 0.4) is 0 Å². The first-order valence-electron chi connectivity index (χ1n) is 3.92. The zero-order valence-electron chi connectivity index (χ0n) is 7.52. The van der Waals surface area contributed by atoms with Crippen LogP contribution in [0.15, 0.2) is 24.3 Å². The Balaban J connectivity index is 2.82. The summed E-state index contributed by atoms with van der Waals surface area (Å²) in [5.74, 6) is 0.326. The zero-order chi connectivity index (χ0) is 9.90. The van der Waals surface area contributed by atoms with E-state index in [-0.39, 0.29) is 0 Å². The highest BCUT2D eigenvalue weighted by Gasteiger charge is 2.17. The van der Waals surface area contributed by atoms with Crippen molar-refractivity contribution < 1.29 is 12.6 Å². The minimum Gasteiger partial charge on any atom is -0.382 e. The molecule has 0 unspecified atom stereocenters. The molecular weight excluding hydrogens is 188 g/mol. The van der Waals surface area contributed by atoms with E-state index in [4.69, 9.17) is 4.18 Å². The lowest BCUT2D eigenvalue weighted by Gasteiger charge is -2.08. The minimum absolute atomic E-state index is 0.326. The van der Waals surface area contributed by atoms with Crippen LogP contribution in [0.4, 0.5) is 0 Å². The van der Waals surface area contributed by atoms with E-state index in [1.165, 1.54) is 0 Å². The summed E-state index contributed by atoms with van der Waals surface area (Å²) in [7, 11) is -3.47. The van der Waals surface area contributed by atoms with Gasteiger partial charge in [0.25, 0.3) is 0 Å². The predicted octanol–water partition coefficient (Wildman–Crippen LogP) is 1.60. The van der Waals surface area contributed by atoms with Crippen molar-refractivity contribution in [2.75, 3.05) is 0 Å². The third-order valence-electron chi connectivity index (χ3n) is 1.48. The molecule has 0 spiro atoms. The van der Waals surface area contributed by atoms with Gasteiger partial charge >= 0.3 is 10.1 Å². The van der Waals surface area contributed by atoms with Gasteiger partial charge in [-0.2, -0.15) is 8.42 Å². The van der Waals surface area contributed by atoms with Crippen LogP contribution in [-0.2, 0) is 10.1 Å². The van der Waals surface area contributed by atoms with Crippen molar-refractivity contribution in [3.8, 4) is 5.75 Å². The number of hydrogen-bond donors (Lipinski definition) is 0. The molecule has 0 amide bonds. The fraction of sp³-hybridized carbons (Fsp3) is 0.333. The smallest absolute Gasteiger partial charge is 0.311 e. The van der Waals surface area contributed by atoms with Gasteiger partial charge in [0, 0.05) is 0 Å². The molecule has 0 N–H and O–H groups in total. The molecule has 0 saturated carbocycles. The second kappa shape index (κ2) is 3.79. The Bertz CT molecular complexity index is 354. The molecule has 0 heterocycles. The maximum atomic E-state index is 11.3. The van der Waals surface area contributed by atoms with Gasteiger partial charge in [0.15, 0.2) is 0 Å². The zero-order valence-corrected chi connectivity index (χ0v) is 8.34. The minimum atomic E-state index is -3.47. The van der Waals surface area contributed by atoms with Crippen molar-refractivity contribution in [1.82, 2.24) is 0 Å². The summed E-state index contributed by atoms with van der Waals surface area (Å²) in [6, 6.07) is 9.09. The lowest BCUT2D eigenvalue weighted by atomic mass is 10.3. The van der Waals surface area contributed by atoms with Crippen molar-refractivity contribution in [2.24, 2.45) is 0 Å². The first-order chi connectivity index (χ1) is 6.02. The molecular formula is C9H11O3S. The molecule has 0 fully saturated rings. The summed E-state index contributed by atoms with van der Waals surface area (Å²) >= 11 is 0. The number of hydrogen-bond acceptors (Lipinski definition) is 3. The van der Waals surface area contributed by atoms with Gasteiger partial charge in [0.05, 0.1) is 5.25 Å². The molecule has 0 saturated heterocycles. The normalized spacial score (nSPS) is 11.6. The van der Waals surface area contributed by atoms with E-state index >= 15 is 0 Å². The topological polar surface area (TPSA) is 43.4 Å². The average molecular weight is 199 g/mol. The van der Waals surface area contributed by atoms with Crippen molar-refractivity contribution in [3.05, 3.63) is 30.3 Å². The van der Waals surface area contributed by atoms with Gasteiger partial charge in [-0.25, -0.2) is 0 Å². The second-order valence-corrected chi connectivity index (χ2v) is 4.96. The average Bonchev–Trinajstić information content (AvgIpc) is 2.05. The van der Waals surface area contributed by atoms with Crippen molar-refractivity contribution in [3.63, 3.8) is 0 Å². The summed E-state index contributed by atoms with van der Waals surface area (Å²) < 4.78 is 27.4. The lowest BCUT2D eigenvalue weighted by Crippen LogP contribution is -2.19. The molecule has 0 atom stereocenters. The van der Waals surface area contributed by atoms with Gasteiger partial charge < -0.3 is 4.18 Å². The standard InChI is InChI=1S/C9H11O3S/c1-8(2)13(10,11)12-9-6-4-3-5-7-9/h4-8H,1-2H3. The maximum absolute atomic E-state index is 11.3. The summed E-state index contributed by atoms with van der Waals surface area (Å²) in [5, 5.41) is -0.531. The number of rotatable bonds is 3. The Morgan fingerprint density at radius 2 is 1.85 bits per heavy atom. The second-order valence-electron chi connectivity index (χ2n) is 2.86. The van der Waals surface area contributed by atoms with Gasteiger partial charge in [-0.05, 0) is 32.0 Å². The van der Waals surface area contributed by atoms with Gasteiger partial charge in [-0.15, -0.1) is 0 Å². The summed E-state index contributed by atoms with van der Waals surface area (Å²) in [6.45, 7) is 3.15. The lowest BCUT2D eigenvalue weighted by molar-refractivity contribution is 0.477. The molecule has 4 heteroatoms. The van der Waals surface area contributed by atoms with Crippen LogP contribution in [0, 0.1) is 6.07 Å². The molecule has 1 aromatic carbocycles. The van der Waals surface area contributed by atoms with Crippen LogP contribution in [0.2, 0.25) is 0 Å². The first kappa shape index (κ1) is 10.1.